The first-order chi connectivity index (χ1) is 3.65. The molecule has 0 radical (unpaired) electrons. The quantitative estimate of drug-likeness (QED) is 0.330. The Morgan fingerprint density at radius 1 is 1.12 bits per heavy atom. The summed E-state index contributed by atoms with van der Waals surface area (Å²) in [6, 6.07) is 0. The van der Waals surface area contributed by atoms with Gasteiger partial charge in [0.1, 0.15) is 0 Å². The molecule has 0 aliphatic heterocycles. The van der Waals surface area contributed by atoms with Gasteiger partial charge in [-0.05, 0) is 0 Å². The topological polar surface area (TPSA) is 98.0 Å². The molecule has 0 aromatic heterocycles. The van der Waals surface area contributed by atoms with Gasteiger partial charge in [-0.1, -0.05) is 0 Å². The van der Waals surface area contributed by atoms with Crippen molar-refractivity contribution in [3.63, 3.8) is 0 Å². The van der Waals surface area contributed by atoms with Crippen molar-refractivity contribution < 1.29 is 24.6 Å². The fourth-order valence-corrected chi connectivity index (χ4v) is 0. The monoisotopic (exact) mass is 144 g/mol. The highest BCUT2D eigenvalue weighted by Gasteiger charge is 1.61. The van der Waals surface area contributed by atoms with Crippen LogP contribution >= 0.6 is 8.25 Å². The average Bonchev–Trinajstić information content (AvgIpc) is 1.65. The zero-order valence-electron chi connectivity index (χ0n) is 4.11. The van der Waals surface area contributed by atoms with Gasteiger partial charge in [0.25, 0.3) is 0 Å². The summed E-state index contributed by atoms with van der Waals surface area (Å²) in [6.07, 6.45) is 0. The highest BCUT2D eigenvalue weighted by Crippen LogP contribution is 1.98. The predicted molar refractivity (Wildman–Crippen MR) is 27.6 cm³/mol. The molecule has 8 heavy (non-hydrogen) atoms. The minimum absolute atomic E-state index is 0.125. The highest BCUT2D eigenvalue weighted by molar-refractivity contribution is 7.30. The van der Waals surface area contributed by atoms with Crippen LogP contribution in [0, 0.1) is 0 Å². The van der Waals surface area contributed by atoms with Crippen LogP contribution in [0.3, 0.4) is 0 Å². The van der Waals surface area contributed by atoms with E-state index in [-0.39, 0.29) is 13.2 Å². The minimum atomic E-state index is -3.13. The lowest BCUT2D eigenvalue weighted by Gasteiger charge is -1.70. The van der Waals surface area contributed by atoms with Crippen LogP contribution in [0.25, 0.3) is 0 Å². The zero-order valence-corrected chi connectivity index (χ0v) is 5.11. The third-order valence-electron chi connectivity index (χ3n) is 0.1000. The molecule has 0 spiro atoms. The maximum absolute atomic E-state index is 8.74. The summed E-state index contributed by atoms with van der Waals surface area (Å²) in [5.41, 5.74) is 0. The van der Waals surface area contributed by atoms with Crippen LogP contribution in [0.1, 0.15) is 0 Å². The van der Waals surface area contributed by atoms with Crippen molar-refractivity contribution >= 4 is 8.25 Å². The van der Waals surface area contributed by atoms with E-state index in [1.54, 1.807) is 0 Å². The maximum atomic E-state index is 8.74. The van der Waals surface area contributed by atoms with Crippen LogP contribution in [0.2, 0.25) is 0 Å². The van der Waals surface area contributed by atoms with Gasteiger partial charge in [0.2, 0.25) is 0 Å². The fourth-order valence-electron chi connectivity index (χ4n) is 0. The number of aliphatic hydroxyl groups excluding tert-OH is 2. The molecule has 6 heteroatoms. The second-order valence-electron chi connectivity index (χ2n) is 0.730. The SMILES string of the molecule is O=[PH](O)O.OCCO. The van der Waals surface area contributed by atoms with Gasteiger partial charge < -0.3 is 20.0 Å². The molecule has 0 atom stereocenters. The summed E-state index contributed by atoms with van der Waals surface area (Å²) in [6.45, 7) is -0.250. The van der Waals surface area contributed by atoms with E-state index in [0.717, 1.165) is 0 Å². The Balaban J connectivity index is 0. The van der Waals surface area contributed by atoms with Crippen molar-refractivity contribution in [2.75, 3.05) is 13.2 Å². The molecule has 0 aromatic carbocycles. The standard InChI is InChI=1S/C2H6O2.H3O3P/c3-1-2-4;1-4(2)3/h3-4H,1-2H2;4H,(H2,1,2,3). The van der Waals surface area contributed by atoms with Crippen molar-refractivity contribution in [3.8, 4) is 0 Å². The number of aliphatic hydroxyl groups is 2. The predicted octanol–water partition coefficient (Wildman–Crippen LogP) is -1.67. The van der Waals surface area contributed by atoms with E-state index >= 15 is 0 Å². The molecular formula is C2H9O5P. The van der Waals surface area contributed by atoms with Crippen LogP contribution in [0.5, 0.6) is 0 Å². The van der Waals surface area contributed by atoms with Gasteiger partial charge in [-0.2, -0.15) is 0 Å². The van der Waals surface area contributed by atoms with Crippen molar-refractivity contribution in [1.82, 2.24) is 0 Å². The van der Waals surface area contributed by atoms with E-state index in [1.807, 2.05) is 0 Å². The zero-order chi connectivity index (χ0) is 6.99. The Hall–Kier alpha value is 0.0700. The Morgan fingerprint density at radius 3 is 1.25 bits per heavy atom. The molecule has 5 nitrogen and oxygen atoms in total. The van der Waals surface area contributed by atoms with Gasteiger partial charge in [-0.3, -0.25) is 4.57 Å². The summed E-state index contributed by atoms with van der Waals surface area (Å²) in [4.78, 5) is 14.3. The molecule has 0 unspecified atom stereocenters. The van der Waals surface area contributed by atoms with Crippen LogP contribution in [0.15, 0.2) is 0 Å². The molecule has 52 valence electrons. The number of hydrogen-bond donors (Lipinski definition) is 4. The molecule has 0 amide bonds. The minimum Gasteiger partial charge on any atom is -0.394 e. The number of hydrogen-bond acceptors (Lipinski definition) is 3. The van der Waals surface area contributed by atoms with Gasteiger partial charge in [0.15, 0.2) is 0 Å². The normalized spacial score (nSPS) is 8.12. The number of rotatable bonds is 1. The summed E-state index contributed by atoms with van der Waals surface area (Å²) in [5, 5.41) is 15.2. The molecular weight excluding hydrogens is 135 g/mol. The Labute approximate surface area is 47.2 Å². The molecule has 0 bridgehead atoms. The molecule has 0 aliphatic rings. The molecule has 0 saturated heterocycles. The molecule has 0 fully saturated rings. The van der Waals surface area contributed by atoms with Crippen molar-refractivity contribution in [2.45, 2.75) is 0 Å². The Kier molecular flexibility index (Phi) is 13.9. The largest absolute Gasteiger partial charge is 0.394 e. The van der Waals surface area contributed by atoms with Crippen molar-refractivity contribution in [3.05, 3.63) is 0 Å². The summed E-state index contributed by atoms with van der Waals surface area (Å²) in [5.74, 6) is 0. The maximum Gasteiger partial charge on any atom is 0.314 e. The lowest BCUT2D eigenvalue weighted by molar-refractivity contribution is 0.186. The van der Waals surface area contributed by atoms with Gasteiger partial charge >= 0.3 is 8.25 Å². The molecule has 0 heterocycles. The Morgan fingerprint density at radius 2 is 1.25 bits per heavy atom. The van der Waals surface area contributed by atoms with E-state index in [2.05, 4.69) is 0 Å². The van der Waals surface area contributed by atoms with Crippen LogP contribution in [-0.2, 0) is 4.57 Å². The first kappa shape index (κ1) is 10.9. The first-order valence-corrected chi connectivity index (χ1v) is 3.09. The second kappa shape index (κ2) is 10.1. The summed E-state index contributed by atoms with van der Waals surface area (Å²) in [7, 11) is -3.13. The lowest BCUT2D eigenvalue weighted by atomic mass is 10.8. The third kappa shape index (κ3) is 136. The van der Waals surface area contributed by atoms with Crippen LogP contribution in [-0.4, -0.2) is 33.2 Å². The molecule has 4 N–H and O–H groups in total. The molecule has 0 saturated carbocycles. The van der Waals surface area contributed by atoms with E-state index < -0.39 is 8.25 Å². The smallest absolute Gasteiger partial charge is 0.314 e. The lowest BCUT2D eigenvalue weighted by Crippen LogP contribution is -1.85. The van der Waals surface area contributed by atoms with E-state index in [0.29, 0.717) is 0 Å². The van der Waals surface area contributed by atoms with E-state index in [1.165, 1.54) is 0 Å². The fraction of sp³-hybridized carbons (Fsp3) is 1.00. The third-order valence-corrected chi connectivity index (χ3v) is 0.1000. The van der Waals surface area contributed by atoms with Gasteiger partial charge in [0, 0.05) is 0 Å². The average molecular weight is 144 g/mol. The van der Waals surface area contributed by atoms with Gasteiger partial charge in [-0.15, -0.1) is 0 Å². The summed E-state index contributed by atoms with van der Waals surface area (Å²) >= 11 is 0. The highest BCUT2D eigenvalue weighted by atomic mass is 31.1. The molecule has 0 aromatic rings. The second-order valence-corrected chi connectivity index (χ2v) is 1.29. The Bertz CT molecular complexity index is 48.4. The summed E-state index contributed by atoms with van der Waals surface area (Å²) < 4.78 is 8.74. The van der Waals surface area contributed by atoms with Crippen LogP contribution in [0.4, 0.5) is 0 Å². The van der Waals surface area contributed by atoms with Crippen molar-refractivity contribution in [1.29, 1.82) is 0 Å². The van der Waals surface area contributed by atoms with E-state index in [4.69, 9.17) is 24.6 Å². The van der Waals surface area contributed by atoms with Gasteiger partial charge in [0.05, 0.1) is 13.2 Å². The van der Waals surface area contributed by atoms with E-state index in [9.17, 15) is 0 Å². The molecule has 0 rings (SSSR count). The van der Waals surface area contributed by atoms with Crippen molar-refractivity contribution in [2.24, 2.45) is 0 Å². The van der Waals surface area contributed by atoms with Crippen LogP contribution < -0.4 is 0 Å². The van der Waals surface area contributed by atoms with Gasteiger partial charge in [-0.25, -0.2) is 0 Å². The molecule has 0 aliphatic carbocycles. The first-order valence-electron chi connectivity index (χ1n) is 1.78.